The third kappa shape index (κ3) is 2.48. The molecule has 1 aromatic carbocycles. The second kappa shape index (κ2) is 4.70. The van der Waals surface area contributed by atoms with Crippen molar-refractivity contribution in [2.24, 2.45) is 0 Å². The van der Waals surface area contributed by atoms with Crippen LogP contribution in [0.4, 0.5) is 4.39 Å². The molecule has 0 saturated heterocycles. The molecular weight excluding hydrogens is 303 g/mol. The first-order chi connectivity index (χ1) is 7.99. The Balaban J connectivity index is 2.51. The maximum Gasteiger partial charge on any atom is 0.206 e. The highest BCUT2D eigenvalue weighted by atomic mass is 79.9. The molecule has 0 saturated carbocycles. The summed E-state index contributed by atoms with van der Waals surface area (Å²) in [6, 6.07) is 4.92. The third-order valence-electron chi connectivity index (χ3n) is 2.45. The van der Waals surface area contributed by atoms with Crippen LogP contribution in [0.15, 0.2) is 28.1 Å². The molecule has 0 spiro atoms. The number of carbonyl (C=O) groups is 1. The normalized spacial score (nSPS) is 10.6. The van der Waals surface area contributed by atoms with Gasteiger partial charge in [0, 0.05) is 9.85 Å². The predicted octanol–water partition coefficient (Wildman–Crippen LogP) is 4.50. The second-order valence-electron chi connectivity index (χ2n) is 3.90. The van der Waals surface area contributed by atoms with Crippen LogP contribution < -0.4 is 0 Å². The van der Waals surface area contributed by atoms with Crippen LogP contribution >= 0.6 is 27.3 Å². The summed E-state index contributed by atoms with van der Waals surface area (Å²) in [7, 11) is 0. The number of hydrogen-bond acceptors (Lipinski definition) is 2. The first kappa shape index (κ1) is 12.5. The van der Waals surface area contributed by atoms with E-state index in [0.717, 1.165) is 10.0 Å². The lowest BCUT2D eigenvalue weighted by molar-refractivity contribution is 0.103. The minimum Gasteiger partial charge on any atom is -0.288 e. The lowest BCUT2D eigenvalue weighted by atomic mass is 10.0. The SMILES string of the molecule is Cc1cc(C)c(C(=O)c2cc(Br)cs2)c(F)c1. The zero-order valence-electron chi connectivity index (χ0n) is 9.38. The maximum absolute atomic E-state index is 13.8. The van der Waals surface area contributed by atoms with Crippen LogP contribution in [0.5, 0.6) is 0 Å². The Kier molecular flexibility index (Phi) is 3.45. The number of hydrogen-bond donors (Lipinski definition) is 0. The lowest BCUT2D eigenvalue weighted by Gasteiger charge is -2.06. The summed E-state index contributed by atoms with van der Waals surface area (Å²) >= 11 is 4.60. The fourth-order valence-electron chi connectivity index (χ4n) is 1.76. The van der Waals surface area contributed by atoms with Gasteiger partial charge in [-0.25, -0.2) is 4.39 Å². The molecule has 0 amide bonds. The molecule has 1 heterocycles. The molecule has 2 aromatic rings. The standard InChI is InChI=1S/C13H10BrFOS/c1-7-3-8(2)12(10(15)4-7)13(16)11-5-9(14)6-17-11/h3-6H,1-2H3. The van der Waals surface area contributed by atoms with E-state index < -0.39 is 5.82 Å². The van der Waals surface area contributed by atoms with Crippen LogP contribution in [0.3, 0.4) is 0 Å². The van der Waals surface area contributed by atoms with Gasteiger partial charge in [-0.05, 0) is 53.0 Å². The van der Waals surface area contributed by atoms with Crippen molar-refractivity contribution in [3.63, 3.8) is 0 Å². The molecule has 0 radical (unpaired) electrons. The lowest BCUT2D eigenvalue weighted by Crippen LogP contribution is -2.05. The van der Waals surface area contributed by atoms with E-state index in [1.807, 2.05) is 18.4 Å². The summed E-state index contributed by atoms with van der Waals surface area (Å²) < 4.78 is 14.7. The first-order valence-electron chi connectivity index (χ1n) is 5.04. The van der Waals surface area contributed by atoms with E-state index in [1.54, 1.807) is 13.0 Å². The number of thiophene rings is 1. The van der Waals surface area contributed by atoms with Gasteiger partial charge < -0.3 is 0 Å². The van der Waals surface area contributed by atoms with Crippen LogP contribution in [0.25, 0.3) is 0 Å². The zero-order valence-corrected chi connectivity index (χ0v) is 11.8. The molecule has 0 fully saturated rings. The zero-order chi connectivity index (χ0) is 12.6. The van der Waals surface area contributed by atoms with E-state index in [4.69, 9.17) is 0 Å². The summed E-state index contributed by atoms with van der Waals surface area (Å²) in [6.45, 7) is 3.57. The Morgan fingerprint density at radius 2 is 2.00 bits per heavy atom. The molecule has 1 nitrogen and oxygen atoms in total. The number of benzene rings is 1. The smallest absolute Gasteiger partial charge is 0.206 e. The van der Waals surface area contributed by atoms with Gasteiger partial charge in [-0.15, -0.1) is 11.3 Å². The maximum atomic E-state index is 13.8. The average Bonchev–Trinajstić information content (AvgIpc) is 2.63. The van der Waals surface area contributed by atoms with Crippen LogP contribution in [0.2, 0.25) is 0 Å². The van der Waals surface area contributed by atoms with E-state index in [1.165, 1.54) is 17.4 Å². The quantitative estimate of drug-likeness (QED) is 0.746. The molecule has 0 aliphatic carbocycles. The summed E-state index contributed by atoms with van der Waals surface area (Å²) in [5.41, 5.74) is 1.67. The molecule has 17 heavy (non-hydrogen) atoms. The topological polar surface area (TPSA) is 17.1 Å². The molecule has 0 bridgehead atoms. The summed E-state index contributed by atoms with van der Waals surface area (Å²) in [5, 5.41) is 1.81. The average molecular weight is 313 g/mol. The van der Waals surface area contributed by atoms with Crippen molar-refractivity contribution in [1.82, 2.24) is 0 Å². The van der Waals surface area contributed by atoms with Crippen LogP contribution in [-0.2, 0) is 0 Å². The van der Waals surface area contributed by atoms with Gasteiger partial charge in [0.1, 0.15) is 5.82 Å². The fraction of sp³-hybridized carbons (Fsp3) is 0.154. The fourth-order valence-corrected chi connectivity index (χ4v) is 3.13. The van der Waals surface area contributed by atoms with Crippen molar-refractivity contribution in [2.45, 2.75) is 13.8 Å². The van der Waals surface area contributed by atoms with Crippen molar-refractivity contribution < 1.29 is 9.18 Å². The number of halogens is 2. The van der Waals surface area contributed by atoms with E-state index >= 15 is 0 Å². The predicted molar refractivity (Wildman–Crippen MR) is 71.3 cm³/mol. The van der Waals surface area contributed by atoms with Gasteiger partial charge in [0.25, 0.3) is 0 Å². The van der Waals surface area contributed by atoms with E-state index in [0.29, 0.717) is 10.4 Å². The third-order valence-corrected chi connectivity index (χ3v) is 4.14. The molecule has 0 unspecified atom stereocenters. The highest BCUT2D eigenvalue weighted by Gasteiger charge is 2.18. The van der Waals surface area contributed by atoms with Gasteiger partial charge >= 0.3 is 0 Å². The number of rotatable bonds is 2. The van der Waals surface area contributed by atoms with Gasteiger partial charge in [-0.2, -0.15) is 0 Å². The van der Waals surface area contributed by atoms with Crippen molar-refractivity contribution in [3.05, 3.63) is 55.4 Å². The van der Waals surface area contributed by atoms with Crippen molar-refractivity contribution >= 4 is 33.0 Å². The Hall–Kier alpha value is -1.00. The molecule has 88 valence electrons. The largest absolute Gasteiger partial charge is 0.288 e. The Bertz CT molecular complexity index is 566. The monoisotopic (exact) mass is 312 g/mol. The van der Waals surface area contributed by atoms with E-state index in [2.05, 4.69) is 15.9 Å². The van der Waals surface area contributed by atoms with E-state index in [-0.39, 0.29) is 11.3 Å². The van der Waals surface area contributed by atoms with Crippen molar-refractivity contribution in [1.29, 1.82) is 0 Å². The Morgan fingerprint density at radius 3 is 2.53 bits per heavy atom. The molecule has 0 N–H and O–H groups in total. The molecule has 1 aromatic heterocycles. The van der Waals surface area contributed by atoms with Gasteiger partial charge in [0.05, 0.1) is 10.4 Å². The number of ketones is 1. The van der Waals surface area contributed by atoms with Crippen LogP contribution in [0.1, 0.15) is 26.4 Å². The van der Waals surface area contributed by atoms with Crippen molar-refractivity contribution in [3.8, 4) is 0 Å². The van der Waals surface area contributed by atoms with Crippen LogP contribution in [-0.4, -0.2) is 5.78 Å². The summed E-state index contributed by atoms with van der Waals surface area (Å²) in [6.07, 6.45) is 0. The van der Waals surface area contributed by atoms with E-state index in [9.17, 15) is 9.18 Å². The second-order valence-corrected chi connectivity index (χ2v) is 5.72. The minimum absolute atomic E-state index is 0.171. The summed E-state index contributed by atoms with van der Waals surface area (Å²) in [5.74, 6) is -0.701. The molecule has 0 aliphatic heterocycles. The van der Waals surface area contributed by atoms with Crippen molar-refractivity contribution in [2.75, 3.05) is 0 Å². The Labute approximate surface area is 111 Å². The molecule has 0 aliphatic rings. The molecule has 2 rings (SSSR count). The molecule has 0 atom stereocenters. The highest BCUT2D eigenvalue weighted by Crippen LogP contribution is 2.25. The van der Waals surface area contributed by atoms with Gasteiger partial charge in [0.2, 0.25) is 5.78 Å². The van der Waals surface area contributed by atoms with Gasteiger partial charge in [-0.3, -0.25) is 4.79 Å². The molecular formula is C13H10BrFOS. The number of carbonyl (C=O) groups excluding carboxylic acids is 1. The van der Waals surface area contributed by atoms with Crippen LogP contribution in [0, 0.1) is 19.7 Å². The summed E-state index contributed by atoms with van der Waals surface area (Å²) in [4.78, 5) is 12.7. The van der Waals surface area contributed by atoms with Gasteiger partial charge in [0.15, 0.2) is 0 Å². The Morgan fingerprint density at radius 1 is 1.29 bits per heavy atom. The van der Waals surface area contributed by atoms with Gasteiger partial charge in [-0.1, -0.05) is 6.07 Å². The highest BCUT2D eigenvalue weighted by molar-refractivity contribution is 9.10. The first-order valence-corrected chi connectivity index (χ1v) is 6.72. The molecule has 4 heteroatoms. The number of aryl methyl sites for hydroxylation is 2. The minimum atomic E-state index is -0.447.